The van der Waals surface area contributed by atoms with Gasteiger partial charge in [-0.05, 0) is 83.5 Å². The van der Waals surface area contributed by atoms with Gasteiger partial charge in [0.25, 0.3) is 0 Å². The molecule has 0 radical (unpaired) electrons. The topological polar surface area (TPSA) is 95.9 Å². The zero-order valence-electron chi connectivity index (χ0n) is 60.4. The molecule has 2 atom stereocenters. The van der Waals surface area contributed by atoms with E-state index in [4.69, 9.17) is 4.74 Å². The lowest BCUT2D eigenvalue weighted by Gasteiger charge is -2.22. The van der Waals surface area contributed by atoms with Crippen LogP contribution in [0.1, 0.15) is 457 Å². The molecule has 89 heavy (non-hydrogen) atoms. The minimum Gasteiger partial charge on any atom is -0.466 e. The minimum atomic E-state index is -0.665. The van der Waals surface area contributed by atoms with Crippen LogP contribution in [0.4, 0.5) is 0 Å². The molecular formula is C83H159NO5. The first-order valence-corrected chi connectivity index (χ1v) is 40.7. The Morgan fingerprint density at radius 3 is 0.876 bits per heavy atom. The summed E-state index contributed by atoms with van der Waals surface area (Å²) in [5.74, 6) is -0.0222. The van der Waals surface area contributed by atoms with Gasteiger partial charge < -0.3 is 20.3 Å². The van der Waals surface area contributed by atoms with E-state index in [0.717, 1.165) is 51.4 Å². The van der Waals surface area contributed by atoms with Gasteiger partial charge >= 0.3 is 5.97 Å². The van der Waals surface area contributed by atoms with Crippen molar-refractivity contribution in [2.45, 2.75) is 469 Å². The Labute approximate surface area is 557 Å². The Balaban J connectivity index is 3.37. The lowest BCUT2D eigenvalue weighted by atomic mass is 10.0. The molecule has 0 aliphatic rings. The molecule has 6 heteroatoms. The first-order chi connectivity index (χ1) is 44.0. The second-order valence-electron chi connectivity index (χ2n) is 28.1. The number of hydrogen-bond acceptors (Lipinski definition) is 5. The number of carbonyl (C=O) groups excluding carboxylic acids is 2. The fourth-order valence-corrected chi connectivity index (χ4v) is 13.0. The van der Waals surface area contributed by atoms with Gasteiger partial charge in [0.05, 0.1) is 25.4 Å². The van der Waals surface area contributed by atoms with Crippen LogP contribution in [0.3, 0.4) is 0 Å². The largest absolute Gasteiger partial charge is 0.466 e. The molecule has 0 saturated carbocycles. The summed E-state index contributed by atoms with van der Waals surface area (Å²) in [4.78, 5) is 24.7. The number of amides is 1. The zero-order valence-corrected chi connectivity index (χ0v) is 60.4. The normalized spacial score (nSPS) is 12.6. The highest BCUT2D eigenvalue weighted by Gasteiger charge is 2.20. The standard InChI is InChI=1S/C83H159NO5/c1-3-5-7-9-11-13-15-17-19-21-22-23-24-32-35-38-41-44-47-51-55-59-63-67-71-75-81(86)80(79-85)84-82(87)76-72-68-64-60-56-52-48-45-42-39-36-33-30-28-26-25-27-29-31-34-37-40-43-46-50-54-58-62-66-70-74-78-89-83(88)77-73-69-65-61-57-53-49-20-18-16-14-12-10-8-6-4-2/h14,16,20,27,29,49,80-81,85-86H,3-13,15,17-19,21-26,28,30-48,50-79H2,1-2H3,(H,84,87)/b16-14-,29-27-,49-20-. The van der Waals surface area contributed by atoms with Crippen LogP contribution < -0.4 is 5.32 Å². The summed E-state index contributed by atoms with van der Waals surface area (Å²) in [5, 5.41) is 23.5. The molecule has 0 fully saturated rings. The van der Waals surface area contributed by atoms with Crippen LogP contribution in [0, 0.1) is 0 Å². The van der Waals surface area contributed by atoms with Crippen LogP contribution in [0.2, 0.25) is 0 Å². The quantitative estimate of drug-likeness (QED) is 0.0320. The minimum absolute atomic E-state index is 0.00505. The maximum absolute atomic E-state index is 12.6. The maximum Gasteiger partial charge on any atom is 0.305 e. The van der Waals surface area contributed by atoms with E-state index >= 15 is 0 Å². The van der Waals surface area contributed by atoms with Crippen molar-refractivity contribution in [3.8, 4) is 0 Å². The van der Waals surface area contributed by atoms with Crippen LogP contribution in [0.15, 0.2) is 36.5 Å². The molecule has 0 saturated heterocycles. The molecule has 526 valence electrons. The van der Waals surface area contributed by atoms with Crippen molar-refractivity contribution in [1.82, 2.24) is 5.32 Å². The molecule has 3 N–H and O–H groups in total. The van der Waals surface area contributed by atoms with E-state index in [0.29, 0.717) is 25.9 Å². The number of aliphatic hydroxyl groups excluding tert-OH is 2. The number of aliphatic hydroxyl groups is 2. The highest BCUT2D eigenvalue weighted by Crippen LogP contribution is 2.20. The Morgan fingerprint density at radius 2 is 0.562 bits per heavy atom. The Kier molecular flexibility index (Phi) is 76.8. The SMILES string of the molecule is CCCCCC/C=C\C/C=C\CCCCCCCC(=O)OCCCCCCCCCCCCCC/C=C\CCCCCCCCCCCCCCCCCC(=O)NC(CO)C(O)CCCCCCCCCCCCCCCCCCCCCCCCCCC. The van der Waals surface area contributed by atoms with Gasteiger partial charge in [-0.25, -0.2) is 0 Å². The molecule has 0 aromatic heterocycles. The predicted octanol–water partition coefficient (Wildman–Crippen LogP) is 27.0. The number of ether oxygens (including phenoxy) is 1. The summed E-state index contributed by atoms with van der Waals surface area (Å²) >= 11 is 0. The maximum atomic E-state index is 12.6. The third kappa shape index (κ3) is 75.0. The molecule has 0 aliphatic heterocycles. The highest BCUT2D eigenvalue weighted by molar-refractivity contribution is 5.76. The van der Waals surface area contributed by atoms with E-state index in [9.17, 15) is 19.8 Å². The van der Waals surface area contributed by atoms with Crippen molar-refractivity contribution in [1.29, 1.82) is 0 Å². The van der Waals surface area contributed by atoms with Gasteiger partial charge in [-0.3, -0.25) is 9.59 Å². The number of carbonyl (C=O) groups is 2. The monoisotopic (exact) mass is 1250 g/mol. The third-order valence-corrected chi connectivity index (χ3v) is 19.2. The smallest absolute Gasteiger partial charge is 0.305 e. The van der Waals surface area contributed by atoms with E-state index in [1.807, 2.05) is 0 Å². The lowest BCUT2D eigenvalue weighted by molar-refractivity contribution is -0.143. The lowest BCUT2D eigenvalue weighted by Crippen LogP contribution is -2.45. The number of allylic oxidation sites excluding steroid dienone is 6. The molecule has 0 spiro atoms. The van der Waals surface area contributed by atoms with Gasteiger partial charge in [0.1, 0.15) is 0 Å². The molecule has 0 bridgehead atoms. The molecule has 1 amide bonds. The molecule has 0 aliphatic carbocycles. The second kappa shape index (κ2) is 78.5. The third-order valence-electron chi connectivity index (χ3n) is 19.2. The number of rotatable bonds is 77. The van der Waals surface area contributed by atoms with Gasteiger partial charge in [0.15, 0.2) is 0 Å². The fourth-order valence-electron chi connectivity index (χ4n) is 13.0. The van der Waals surface area contributed by atoms with Crippen LogP contribution >= 0.6 is 0 Å². The first kappa shape index (κ1) is 87.1. The molecule has 0 heterocycles. The van der Waals surface area contributed by atoms with E-state index in [2.05, 4.69) is 55.6 Å². The van der Waals surface area contributed by atoms with Gasteiger partial charge in [0, 0.05) is 12.8 Å². The molecule has 6 nitrogen and oxygen atoms in total. The number of nitrogens with one attached hydrogen (secondary N) is 1. The van der Waals surface area contributed by atoms with Crippen molar-refractivity contribution >= 4 is 11.9 Å². The van der Waals surface area contributed by atoms with Crippen LogP contribution in [-0.4, -0.2) is 47.4 Å². The molecule has 0 aromatic rings. The predicted molar refractivity (Wildman–Crippen MR) is 393 cm³/mol. The van der Waals surface area contributed by atoms with Crippen LogP contribution in [0.25, 0.3) is 0 Å². The van der Waals surface area contributed by atoms with Crippen molar-refractivity contribution < 1.29 is 24.5 Å². The molecule has 0 rings (SSSR count). The van der Waals surface area contributed by atoms with Crippen molar-refractivity contribution in [3.63, 3.8) is 0 Å². The first-order valence-electron chi connectivity index (χ1n) is 40.7. The van der Waals surface area contributed by atoms with E-state index < -0.39 is 12.1 Å². The average molecular weight is 1250 g/mol. The van der Waals surface area contributed by atoms with Crippen LogP contribution in [0.5, 0.6) is 0 Å². The highest BCUT2D eigenvalue weighted by atomic mass is 16.5. The zero-order chi connectivity index (χ0) is 64.2. The number of hydrogen-bond donors (Lipinski definition) is 3. The van der Waals surface area contributed by atoms with Gasteiger partial charge in [-0.15, -0.1) is 0 Å². The Bertz CT molecular complexity index is 1440. The van der Waals surface area contributed by atoms with Crippen LogP contribution in [-0.2, 0) is 14.3 Å². The molecule has 2 unspecified atom stereocenters. The molecule has 0 aromatic carbocycles. The van der Waals surface area contributed by atoms with Crippen molar-refractivity contribution in [2.24, 2.45) is 0 Å². The summed E-state index contributed by atoms with van der Waals surface area (Å²) < 4.78 is 5.50. The summed E-state index contributed by atoms with van der Waals surface area (Å²) in [6.07, 6.45) is 102. The van der Waals surface area contributed by atoms with Gasteiger partial charge in [0.2, 0.25) is 5.91 Å². The Hall–Kier alpha value is -1.92. The van der Waals surface area contributed by atoms with Gasteiger partial charge in [-0.1, -0.05) is 397 Å². The Morgan fingerprint density at radius 1 is 0.315 bits per heavy atom. The van der Waals surface area contributed by atoms with E-state index in [1.54, 1.807) is 0 Å². The van der Waals surface area contributed by atoms with Crippen molar-refractivity contribution in [3.05, 3.63) is 36.5 Å². The molecular weight excluding hydrogens is 1090 g/mol. The average Bonchev–Trinajstić information content (AvgIpc) is 3.64. The van der Waals surface area contributed by atoms with Gasteiger partial charge in [-0.2, -0.15) is 0 Å². The van der Waals surface area contributed by atoms with E-state index in [-0.39, 0.29) is 18.5 Å². The summed E-state index contributed by atoms with van der Waals surface area (Å²) in [6, 6.07) is -0.542. The fraction of sp³-hybridized carbons (Fsp3) is 0.904. The van der Waals surface area contributed by atoms with Crippen molar-refractivity contribution in [2.75, 3.05) is 13.2 Å². The second-order valence-corrected chi connectivity index (χ2v) is 28.1. The number of esters is 1. The summed E-state index contributed by atoms with van der Waals surface area (Å²) in [7, 11) is 0. The number of unbranched alkanes of at least 4 members (excludes halogenated alkanes) is 60. The van der Waals surface area contributed by atoms with E-state index in [1.165, 1.54) is 372 Å². The summed E-state index contributed by atoms with van der Waals surface area (Å²) in [5.41, 5.74) is 0. The summed E-state index contributed by atoms with van der Waals surface area (Å²) in [6.45, 7) is 4.98.